The number of halogens is 2. The van der Waals surface area contributed by atoms with Crippen molar-refractivity contribution in [2.24, 2.45) is 4.99 Å². The van der Waals surface area contributed by atoms with E-state index in [1.165, 1.54) is 4.90 Å². The highest BCUT2D eigenvalue weighted by molar-refractivity contribution is 6.32. The van der Waals surface area contributed by atoms with Crippen molar-refractivity contribution in [1.29, 1.82) is 0 Å². The molecule has 0 saturated carbocycles. The average Bonchev–Trinajstić information content (AvgIpc) is 2.93. The minimum atomic E-state index is -1.24. The summed E-state index contributed by atoms with van der Waals surface area (Å²) in [5.41, 5.74) is 1.27. The first-order valence-corrected chi connectivity index (χ1v) is 9.81. The van der Waals surface area contributed by atoms with E-state index in [1.807, 2.05) is 13.8 Å². The topological polar surface area (TPSA) is 91.2 Å². The highest BCUT2D eigenvalue weighted by atomic mass is 35.5. The largest absolute Gasteiger partial charge is 0.489 e. The predicted molar refractivity (Wildman–Crippen MR) is 115 cm³/mol. The third-order valence-corrected chi connectivity index (χ3v) is 4.58. The molecule has 9 heteroatoms. The Morgan fingerprint density at radius 1 is 1.23 bits per heavy atom. The van der Waals surface area contributed by atoms with Gasteiger partial charge in [-0.1, -0.05) is 35.3 Å². The molecule has 1 fully saturated rings. The summed E-state index contributed by atoms with van der Waals surface area (Å²) >= 11 is 12.2. The Labute approximate surface area is 183 Å². The van der Waals surface area contributed by atoms with Crippen LogP contribution in [0.2, 0.25) is 10.0 Å². The molecule has 7 nitrogen and oxygen atoms in total. The van der Waals surface area contributed by atoms with Crippen LogP contribution in [-0.2, 0) is 16.1 Å². The van der Waals surface area contributed by atoms with Gasteiger partial charge in [0.1, 0.15) is 11.4 Å². The van der Waals surface area contributed by atoms with Crippen LogP contribution < -0.4 is 10.1 Å². The summed E-state index contributed by atoms with van der Waals surface area (Å²) in [6, 6.07) is 12.0. The molecule has 0 aromatic heterocycles. The molecule has 1 amide bonds. The van der Waals surface area contributed by atoms with Gasteiger partial charge in [-0.25, -0.2) is 9.79 Å². The maximum absolute atomic E-state index is 12.4. The first kappa shape index (κ1) is 21.7. The summed E-state index contributed by atoms with van der Waals surface area (Å²) in [5, 5.41) is 12.7. The number of hydrogen-bond donors (Lipinski definition) is 2. The van der Waals surface area contributed by atoms with E-state index in [9.17, 15) is 9.59 Å². The van der Waals surface area contributed by atoms with E-state index in [2.05, 4.69) is 10.3 Å². The van der Waals surface area contributed by atoms with Crippen LogP contribution in [0.25, 0.3) is 0 Å². The number of rotatable bonds is 6. The van der Waals surface area contributed by atoms with Crippen molar-refractivity contribution >= 4 is 46.7 Å². The van der Waals surface area contributed by atoms with Gasteiger partial charge in [0.15, 0.2) is 0 Å². The second kappa shape index (κ2) is 9.19. The molecule has 1 saturated heterocycles. The lowest BCUT2D eigenvalue weighted by atomic mass is 10.2. The van der Waals surface area contributed by atoms with Crippen LogP contribution in [0, 0.1) is 0 Å². The van der Waals surface area contributed by atoms with E-state index >= 15 is 0 Å². The number of carbonyl (C=O) groups is 2. The summed E-state index contributed by atoms with van der Waals surface area (Å²) in [6.07, 6.45) is 0.813. The average molecular weight is 448 g/mol. The highest BCUT2D eigenvalue weighted by Crippen LogP contribution is 2.30. The molecule has 0 bridgehead atoms. The van der Waals surface area contributed by atoms with Crippen molar-refractivity contribution in [3.63, 3.8) is 0 Å². The molecule has 1 aliphatic rings. The van der Waals surface area contributed by atoms with Gasteiger partial charge in [-0.3, -0.25) is 10.1 Å². The molecular weight excluding hydrogens is 429 g/mol. The Bertz CT molecular complexity index is 1030. The quantitative estimate of drug-likeness (QED) is 0.641. The van der Waals surface area contributed by atoms with E-state index < -0.39 is 11.9 Å². The smallest absolute Gasteiger partial charge is 0.330 e. The zero-order valence-corrected chi connectivity index (χ0v) is 17.7. The Hall–Kier alpha value is -3.03. The number of aliphatic imine (C=N–C) groups is 1. The van der Waals surface area contributed by atoms with Crippen LogP contribution in [0.1, 0.15) is 19.4 Å². The minimum absolute atomic E-state index is 0.0259. The second-order valence-electron chi connectivity index (χ2n) is 6.75. The molecular formula is C21H19Cl2N3O4. The van der Waals surface area contributed by atoms with Gasteiger partial charge >= 0.3 is 5.97 Å². The lowest BCUT2D eigenvalue weighted by molar-refractivity contribution is -0.132. The number of hydrogen-bond acceptors (Lipinski definition) is 4. The molecule has 156 valence electrons. The van der Waals surface area contributed by atoms with Gasteiger partial charge in [0.05, 0.1) is 29.4 Å². The number of carbonyl (C=O) groups excluding carboxylic acids is 1. The number of carboxylic acids is 1. The molecule has 0 unspecified atom stereocenters. The number of carboxylic acid groups (broad SMARTS) is 1. The lowest BCUT2D eigenvalue weighted by Gasteiger charge is -2.18. The zero-order chi connectivity index (χ0) is 21.8. The van der Waals surface area contributed by atoms with Crippen LogP contribution in [0.15, 0.2) is 59.2 Å². The SMILES string of the molecule is CC(C)Oc1ccc(N=C2NC(=O)/C(=C/C(=O)O)N2Cc2ccc(Cl)cc2)cc1Cl. The number of nitrogens with zero attached hydrogens (tertiary/aromatic N) is 2. The first-order chi connectivity index (χ1) is 14.2. The predicted octanol–water partition coefficient (Wildman–Crippen LogP) is 4.37. The number of benzene rings is 2. The Morgan fingerprint density at radius 2 is 1.93 bits per heavy atom. The minimum Gasteiger partial charge on any atom is -0.489 e. The van der Waals surface area contributed by atoms with E-state index in [4.69, 9.17) is 33.0 Å². The fraction of sp³-hybridized carbons (Fsp3) is 0.190. The second-order valence-corrected chi connectivity index (χ2v) is 7.59. The molecule has 1 heterocycles. The summed E-state index contributed by atoms with van der Waals surface area (Å²) in [5.74, 6) is -1.08. The van der Waals surface area contributed by atoms with Crippen molar-refractivity contribution in [3.05, 3.63) is 69.8 Å². The van der Waals surface area contributed by atoms with Crippen LogP contribution in [-0.4, -0.2) is 33.9 Å². The van der Waals surface area contributed by atoms with Gasteiger partial charge in [-0.2, -0.15) is 0 Å². The Balaban J connectivity index is 1.96. The van der Waals surface area contributed by atoms with Crippen molar-refractivity contribution in [2.45, 2.75) is 26.5 Å². The number of guanidine groups is 1. The van der Waals surface area contributed by atoms with Crippen molar-refractivity contribution in [2.75, 3.05) is 0 Å². The number of amides is 1. The maximum atomic E-state index is 12.4. The van der Waals surface area contributed by atoms with E-state index in [0.29, 0.717) is 21.5 Å². The summed E-state index contributed by atoms with van der Waals surface area (Å²) in [7, 11) is 0. The number of aliphatic carboxylic acids is 1. The van der Waals surface area contributed by atoms with E-state index in [0.717, 1.165) is 11.6 Å². The van der Waals surface area contributed by atoms with Gasteiger partial charge in [0.2, 0.25) is 5.96 Å². The molecule has 0 atom stereocenters. The van der Waals surface area contributed by atoms with Crippen LogP contribution in [0.5, 0.6) is 5.75 Å². The third-order valence-electron chi connectivity index (χ3n) is 4.03. The molecule has 2 aromatic rings. The molecule has 0 spiro atoms. The monoisotopic (exact) mass is 447 g/mol. The Kier molecular flexibility index (Phi) is 6.64. The van der Waals surface area contributed by atoms with E-state index in [1.54, 1.807) is 42.5 Å². The van der Waals surface area contributed by atoms with Crippen LogP contribution in [0.4, 0.5) is 5.69 Å². The summed E-state index contributed by atoms with van der Waals surface area (Å²) in [6.45, 7) is 4.00. The van der Waals surface area contributed by atoms with Crippen LogP contribution >= 0.6 is 23.2 Å². The van der Waals surface area contributed by atoms with Gasteiger partial charge in [0.25, 0.3) is 5.91 Å². The normalized spacial score (nSPS) is 16.4. The molecule has 30 heavy (non-hydrogen) atoms. The highest BCUT2D eigenvalue weighted by Gasteiger charge is 2.32. The van der Waals surface area contributed by atoms with Crippen molar-refractivity contribution in [3.8, 4) is 5.75 Å². The number of ether oxygens (including phenoxy) is 1. The molecule has 0 aliphatic carbocycles. The summed E-state index contributed by atoms with van der Waals surface area (Å²) < 4.78 is 5.61. The van der Waals surface area contributed by atoms with Gasteiger partial charge in [0, 0.05) is 5.02 Å². The van der Waals surface area contributed by atoms with Crippen molar-refractivity contribution < 1.29 is 19.4 Å². The van der Waals surface area contributed by atoms with Gasteiger partial charge in [-0.15, -0.1) is 0 Å². The fourth-order valence-corrected chi connectivity index (χ4v) is 3.13. The zero-order valence-electron chi connectivity index (χ0n) is 16.2. The molecule has 2 N–H and O–H groups in total. The summed E-state index contributed by atoms with van der Waals surface area (Å²) in [4.78, 5) is 29.5. The molecule has 0 radical (unpaired) electrons. The standard InChI is InChI=1S/C21H19Cl2N3O4/c1-12(2)30-18-8-7-15(9-16(18)23)24-21-25-20(29)17(10-19(27)28)26(21)11-13-3-5-14(22)6-4-13/h3-10,12H,11H2,1-2H3,(H,27,28)(H,24,25,29)/b17-10-. The van der Waals surface area contributed by atoms with Crippen molar-refractivity contribution in [1.82, 2.24) is 10.2 Å². The van der Waals surface area contributed by atoms with E-state index in [-0.39, 0.29) is 24.3 Å². The fourth-order valence-electron chi connectivity index (χ4n) is 2.78. The third kappa shape index (κ3) is 5.31. The first-order valence-electron chi connectivity index (χ1n) is 9.06. The van der Waals surface area contributed by atoms with Gasteiger partial charge in [-0.05, 0) is 49.7 Å². The van der Waals surface area contributed by atoms with Crippen LogP contribution in [0.3, 0.4) is 0 Å². The molecule has 2 aromatic carbocycles. The molecule has 1 aliphatic heterocycles. The Morgan fingerprint density at radius 3 is 2.53 bits per heavy atom. The number of nitrogens with one attached hydrogen (secondary N) is 1. The lowest BCUT2D eigenvalue weighted by Crippen LogP contribution is -2.29. The maximum Gasteiger partial charge on any atom is 0.330 e. The molecule has 3 rings (SSSR count). The van der Waals surface area contributed by atoms with Gasteiger partial charge < -0.3 is 14.7 Å².